The van der Waals surface area contributed by atoms with Crippen LogP contribution in [-0.2, 0) is 18.3 Å². The highest BCUT2D eigenvalue weighted by Crippen LogP contribution is 2.24. The van der Waals surface area contributed by atoms with Crippen LogP contribution in [0, 0.1) is 6.92 Å². The van der Waals surface area contributed by atoms with Gasteiger partial charge < -0.3 is 24.8 Å². The Morgan fingerprint density at radius 3 is 2.82 bits per heavy atom. The van der Waals surface area contributed by atoms with Gasteiger partial charge in [-0.05, 0) is 43.7 Å². The lowest BCUT2D eigenvalue weighted by Gasteiger charge is -2.33. The Morgan fingerprint density at radius 1 is 1.36 bits per heavy atom. The van der Waals surface area contributed by atoms with Crippen molar-refractivity contribution in [2.75, 3.05) is 38.3 Å². The maximum atomic E-state index is 5.14. The zero-order valence-electron chi connectivity index (χ0n) is 17.0. The number of aliphatic imine (C=N–C) groups is 1. The van der Waals surface area contributed by atoms with Gasteiger partial charge in [0.2, 0.25) is 0 Å². The van der Waals surface area contributed by atoms with E-state index in [4.69, 9.17) is 9.73 Å². The summed E-state index contributed by atoms with van der Waals surface area (Å²) in [5, 5.41) is 18.9. The first-order chi connectivity index (χ1) is 13.7. The van der Waals surface area contributed by atoms with Gasteiger partial charge in [-0.25, -0.2) is 4.99 Å². The lowest BCUT2D eigenvalue weighted by Crippen LogP contribution is -2.49. The molecule has 0 radical (unpaired) electrons. The maximum Gasteiger partial charge on any atom is 0.191 e. The van der Waals surface area contributed by atoms with Crippen LogP contribution in [0.1, 0.15) is 30.9 Å². The lowest BCUT2D eigenvalue weighted by molar-refractivity contribution is 0.195. The van der Waals surface area contributed by atoms with Crippen LogP contribution in [0.3, 0.4) is 0 Å². The number of hydrogen-bond donors (Lipinski definition) is 2. The minimum Gasteiger partial charge on any atom is -0.385 e. The van der Waals surface area contributed by atoms with E-state index in [-0.39, 0.29) is 0 Å². The third-order valence-corrected chi connectivity index (χ3v) is 5.96. The van der Waals surface area contributed by atoms with Crippen molar-refractivity contribution in [2.45, 2.75) is 38.8 Å². The first-order valence-corrected chi connectivity index (χ1v) is 10.7. The molecule has 3 rings (SSSR count). The van der Waals surface area contributed by atoms with E-state index in [0.29, 0.717) is 12.6 Å². The highest BCUT2D eigenvalue weighted by Gasteiger charge is 2.20. The molecule has 0 unspecified atom stereocenters. The van der Waals surface area contributed by atoms with E-state index in [1.54, 1.807) is 7.11 Å². The average molecular weight is 406 g/mol. The van der Waals surface area contributed by atoms with Crippen LogP contribution in [0.2, 0.25) is 0 Å². The number of thiophene rings is 1. The summed E-state index contributed by atoms with van der Waals surface area (Å²) in [7, 11) is 3.70. The molecule has 0 aliphatic carbocycles. The normalized spacial score (nSPS) is 15.8. The topological polar surface area (TPSA) is 79.6 Å². The number of methoxy groups -OCH3 is 1. The van der Waals surface area contributed by atoms with Gasteiger partial charge in [-0.15, -0.1) is 21.5 Å². The van der Waals surface area contributed by atoms with Crippen LogP contribution in [0.15, 0.2) is 22.5 Å². The number of guanidine groups is 1. The molecule has 8 nitrogen and oxygen atoms in total. The first kappa shape index (κ1) is 20.6. The zero-order chi connectivity index (χ0) is 19.8. The van der Waals surface area contributed by atoms with Crippen LogP contribution < -0.4 is 15.5 Å². The molecule has 2 aromatic heterocycles. The van der Waals surface area contributed by atoms with Crippen molar-refractivity contribution >= 4 is 22.3 Å². The summed E-state index contributed by atoms with van der Waals surface area (Å²) >= 11 is 1.81. The Morgan fingerprint density at radius 2 is 2.18 bits per heavy atom. The minimum atomic E-state index is 0.422. The van der Waals surface area contributed by atoms with Gasteiger partial charge >= 0.3 is 0 Å². The summed E-state index contributed by atoms with van der Waals surface area (Å²) in [5.74, 6) is 2.60. The van der Waals surface area contributed by atoms with Crippen LogP contribution >= 0.6 is 11.3 Å². The molecule has 9 heteroatoms. The molecular formula is C19H31N7OS. The summed E-state index contributed by atoms with van der Waals surface area (Å²) < 4.78 is 7.12. The Bertz CT molecular complexity index is 736. The van der Waals surface area contributed by atoms with Gasteiger partial charge in [0.15, 0.2) is 11.8 Å². The molecule has 0 aromatic carbocycles. The van der Waals surface area contributed by atoms with Gasteiger partial charge in [0, 0.05) is 46.4 Å². The number of hydrogen-bond acceptors (Lipinski definition) is 6. The molecule has 0 amide bonds. The van der Waals surface area contributed by atoms with Crippen molar-refractivity contribution in [2.24, 2.45) is 12.0 Å². The third-order valence-electron chi connectivity index (χ3n) is 5.03. The fraction of sp³-hybridized carbons (Fsp3) is 0.632. The Balaban J connectivity index is 1.55. The molecule has 2 N–H and O–H groups in total. The monoisotopic (exact) mass is 405 g/mol. The number of aromatic nitrogens is 3. The number of anilines is 1. The zero-order valence-corrected chi connectivity index (χ0v) is 17.8. The van der Waals surface area contributed by atoms with Crippen LogP contribution in [0.25, 0.3) is 0 Å². The van der Waals surface area contributed by atoms with Gasteiger partial charge in [0.1, 0.15) is 12.4 Å². The van der Waals surface area contributed by atoms with E-state index in [2.05, 4.69) is 43.2 Å². The quantitative estimate of drug-likeness (QED) is 0.397. The first-order valence-electron chi connectivity index (χ1n) is 9.84. The van der Waals surface area contributed by atoms with Crippen molar-refractivity contribution in [3.05, 3.63) is 29.2 Å². The van der Waals surface area contributed by atoms with Crippen molar-refractivity contribution in [3.8, 4) is 0 Å². The van der Waals surface area contributed by atoms with E-state index >= 15 is 0 Å². The third kappa shape index (κ3) is 5.68. The largest absolute Gasteiger partial charge is 0.385 e. The van der Waals surface area contributed by atoms with Gasteiger partial charge in [0.05, 0.1) is 5.00 Å². The lowest BCUT2D eigenvalue weighted by atomic mass is 10.1. The standard InChI is InChI=1S/C19H31N7OS/c1-15-23-24-17(25(15)2)14-21-19(20-9-5-12-27-3)22-16-7-10-26(11-8-16)18-6-4-13-28-18/h4,6,13,16H,5,7-12,14H2,1-3H3,(H2,20,21,22). The van der Waals surface area contributed by atoms with Gasteiger partial charge in [-0.2, -0.15) is 0 Å². The molecule has 1 aliphatic rings. The number of aryl methyl sites for hydroxylation is 1. The molecule has 1 saturated heterocycles. The summed E-state index contributed by atoms with van der Waals surface area (Å²) in [5.41, 5.74) is 0. The summed E-state index contributed by atoms with van der Waals surface area (Å²) in [6.45, 7) is 6.15. The molecule has 0 atom stereocenters. The van der Waals surface area contributed by atoms with Gasteiger partial charge in [-0.3, -0.25) is 0 Å². The highest BCUT2D eigenvalue weighted by atomic mass is 32.1. The molecule has 2 aromatic rings. The second-order valence-corrected chi connectivity index (χ2v) is 7.94. The highest BCUT2D eigenvalue weighted by molar-refractivity contribution is 7.14. The van der Waals surface area contributed by atoms with Crippen molar-refractivity contribution in [3.63, 3.8) is 0 Å². The van der Waals surface area contributed by atoms with Crippen molar-refractivity contribution in [1.82, 2.24) is 25.4 Å². The average Bonchev–Trinajstić information content (AvgIpc) is 3.35. The molecule has 1 aliphatic heterocycles. The Labute approximate surface area is 171 Å². The van der Waals surface area contributed by atoms with Gasteiger partial charge in [-0.1, -0.05) is 0 Å². The van der Waals surface area contributed by atoms with Gasteiger partial charge in [0.25, 0.3) is 0 Å². The van der Waals surface area contributed by atoms with Crippen LogP contribution in [0.4, 0.5) is 5.00 Å². The van der Waals surface area contributed by atoms with E-state index in [9.17, 15) is 0 Å². The molecule has 0 saturated carbocycles. The number of piperidine rings is 1. The molecule has 154 valence electrons. The molecule has 28 heavy (non-hydrogen) atoms. The summed E-state index contributed by atoms with van der Waals surface area (Å²) in [6.07, 6.45) is 3.14. The van der Waals surface area contributed by atoms with E-state index in [0.717, 1.165) is 63.1 Å². The molecule has 1 fully saturated rings. The van der Waals surface area contributed by atoms with Crippen LogP contribution in [0.5, 0.6) is 0 Å². The molecule has 0 spiro atoms. The fourth-order valence-corrected chi connectivity index (χ4v) is 3.99. The second-order valence-electron chi connectivity index (χ2n) is 7.02. The van der Waals surface area contributed by atoms with Crippen molar-refractivity contribution < 1.29 is 4.74 Å². The molecule has 0 bridgehead atoms. The predicted molar refractivity (Wildman–Crippen MR) is 114 cm³/mol. The number of rotatable bonds is 8. The summed E-state index contributed by atoms with van der Waals surface area (Å²) in [6, 6.07) is 4.74. The predicted octanol–water partition coefficient (Wildman–Crippen LogP) is 1.93. The smallest absolute Gasteiger partial charge is 0.191 e. The molecule has 3 heterocycles. The second kappa shape index (κ2) is 10.4. The maximum absolute atomic E-state index is 5.14. The number of nitrogens with one attached hydrogen (secondary N) is 2. The number of nitrogens with zero attached hydrogens (tertiary/aromatic N) is 5. The Kier molecular flexibility index (Phi) is 7.67. The molecular weight excluding hydrogens is 374 g/mol. The van der Waals surface area contributed by atoms with Crippen LogP contribution in [-0.4, -0.2) is 60.1 Å². The van der Waals surface area contributed by atoms with E-state index < -0.39 is 0 Å². The fourth-order valence-electron chi connectivity index (χ4n) is 3.20. The number of ether oxygens (including phenoxy) is 1. The Hall–Kier alpha value is -2.13. The van der Waals surface area contributed by atoms with E-state index in [1.807, 2.05) is 29.9 Å². The van der Waals surface area contributed by atoms with Crippen molar-refractivity contribution in [1.29, 1.82) is 0 Å². The van der Waals surface area contributed by atoms with E-state index in [1.165, 1.54) is 5.00 Å². The summed E-state index contributed by atoms with van der Waals surface area (Å²) in [4.78, 5) is 7.21. The SMILES string of the molecule is COCCCNC(=NCc1nnc(C)n1C)NC1CCN(c2cccs2)CC1. The minimum absolute atomic E-state index is 0.422.